The molecule has 0 bridgehead atoms. The van der Waals surface area contributed by atoms with Gasteiger partial charge in [-0.25, -0.2) is 4.39 Å². The quantitative estimate of drug-likeness (QED) is 0.927. The van der Waals surface area contributed by atoms with Crippen molar-refractivity contribution in [2.24, 2.45) is 0 Å². The number of benzene rings is 1. The minimum atomic E-state index is -3.33. The number of nitrogens with zero attached hydrogens (tertiary/aromatic N) is 1. The highest BCUT2D eigenvalue weighted by Gasteiger charge is 2.34. The largest absolute Gasteiger partial charge is 0.348 e. The lowest BCUT2D eigenvalue weighted by Crippen LogP contribution is -2.48. The van der Waals surface area contributed by atoms with Crippen LogP contribution in [0.4, 0.5) is 13.2 Å². The van der Waals surface area contributed by atoms with Crippen LogP contribution in [0.3, 0.4) is 0 Å². The molecule has 0 atom stereocenters. The molecule has 1 amide bonds. The van der Waals surface area contributed by atoms with Crippen LogP contribution in [-0.4, -0.2) is 35.9 Å². The molecule has 3 nitrogen and oxygen atoms in total. The number of halogens is 3. The molecule has 116 valence electrons. The van der Waals surface area contributed by atoms with Crippen molar-refractivity contribution >= 4 is 5.91 Å². The fourth-order valence-corrected chi connectivity index (χ4v) is 2.44. The molecular weight excluding hydrogens is 281 g/mol. The Bertz CT molecular complexity index is 494. The molecule has 0 aromatic heterocycles. The van der Waals surface area contributed by atoms with E-state index in [1.165, 1.54) is 12.1 Å². The summed E-state index contributed by atoms with van der Waals surface area (Å²) in [6, 6.07) is 6.20. The molecule has 2 rings (SSSR count). The summed E-state index contributed by atoms with van der Waals surface area (Å²) < 4.78 is 38.7. The maximum absolute atomic E-state index is 13.1. The van der Waals surface area contributed by atoms with Gasteiger partial charge in [-0.3, -0.25) is 9.69 Å². The van der Waals surface area contributed by atoms with Crippen LogP contribution in [0.5, 0.6) is 0 Å². The van der Waals surface area contributed by atoms with Crippen LogP contribution in [0.15, 0.2) is 24.3 Å². The van der Waals surface area contributed by atoms with Crippen LogP contribution in [0.25, 0.3) is 0 Å². The molecule has 0 saturated carbocycles. The van der Waals surface area contributed by atoms with E-state index in [4.69, 9.17) is 0 Å². The van der Waals surface area contributed by atoms with Gasteiger partial charge in [-0.2, -0.15) is 8.78 Å². The van der Waals surface area contributed by atoms with E-state index in [9.17, 15) is 18.0 Å². The van der Waals surface area contributed by atoms with Gasteiger partial charge in [0.05, 0.1) is 0 Å². The van der Waals surface area contributed by atoms with E-state index in [2.05, 4.69) is 10.2 Å². The van der Waals surface area contributed by atoms with Crippen molar-refractivity contribution < 1.29 is 18.0 Å². The number of hydrogen-bond donors (Lipinski definition) is 1. The molecule has 6 heteroatoms. The number of amides is 1. The first-order chi connectivity index (χ1) is 9.84. The first-order valence-corrected chi connectivity index (χ1v) is 7.00. The number of rotatable bonds is 4. The van der Waals surface area contributed by atoms with Gasteiger partial charge in [0, 0.05) is 32.6 Å². The Hall–Kier alpha value is -1.56. The summed E-state index contributed by atoms with van der Waals surface area (Å²) in [4.78, 5) is 13.4. The molecule has 0 radical (unpaired) electrons. The summed E-state index contributed by atoms with van der Waals surface area (Å²) in [5.41, 5.74) is 0.887. The van der Waals surface area contributed by atoms with Crippen molar-refractivity contribution in [3.63, 3.8) is 0 Å². The van der Waals surface area contributed by atoms with Gasteiger partial charge < -0.3 is 5.32 Å². The number of nitrogens with one attached hydrogen (secondary N) is 1. The Morgan fingerprint density at radius 1 is 1.38 bits per heavy atom. The Balaban J connectivity index is 1.80. The Kier molecular flexibility index (Phi) is 4.88. The predicted octanol–water partition coefficient (Wildman–Crippen LogP) is 2.56. The van der Waals surface area contributed by atoms with E-state index >= 15 is 0 Å². The summed E-state index contributed by atoms with van der Waals surface area (Å²) in [6.45, 7) is 2.61. The highest BCUT2D eigenvalue weighted by Crippen LogP contribution is 2.17. The zero-order valence-corrected chi connectivity index (χ0v) is 11.9. The minimum absolute atomic E-state index is 0.216. The zero-order chi connectivity index (χ0) is 15.5. The van der Waals surface area contributed by atoms with E-state index in [0.717, 1.165) is 5.56 Å². The number of hydrogen-bond acceptors (Lipinski definition) is 2. The summed E-state index contributed by atoms with van der Waals surface area (Å²) in [6.07, 6.45) is 1.24. The molecule has 0 aliphatic carbocycles. The van der Waals surface area contributed by atoms with Crippen LogP contribution in [0.1, 0.15) is 25.3 Å². The Morgan fingerprint density at radius 2 is 2.05 bits per heavy atom. The topological polar surface area (TPSA) is 32.3 Å². The lowest BCUT2D eigenvalue weighted by atomic mass is 10.0. The van der Waals surface area contributed by atoms with E-state index in [-0.39, 0.29) is 11.9 Å². The van der Waals surface area contributed by atoms with Crippen molar-refractivity contribution in [1.82, 2.24) is 10.2 Å². The normalized spacial score (nSPS) is 17.7. The maximum atomic E-state index is 13.1. The smallest absolute Gasteiger partial charge is 0.321 e. The Labute approximate surface area is 122 Å². The van der Waals surface area contributed by atoms with Crippen LogP contribution in [0.2, 0.25) is 0 Å². The van der Waals surface area contributed by atoms with E-state index in [0.29, 0.717) is 39.4 Å². The molecule has 1 aliphatic rings. The molecule has 0 spiro atoms. The SMILES string of the molecule is CC(F)(F)C(=O)NC1CCN(Cc2cccc(F)c2)CC1. The molecule has 1 fully saturated rings. The van der Waals surface area contributed by atoms with Gasteiger partial charge in [0.1, 0.15) is 5.82 Å². The van der Waals surface area contributed by atoms with E-state index in [1.807, 2.05) is 6.07 Å². The fourth-order valence-electron chi connectivity index (χ4n) is 2.44. The second-order valence-electron chi connectivity index (χ2n) is 5.54. The number of likely N-dealkylation sites (tertiary alicyclic amines) is 1. The van der Waals surface area contributed by atoms with Crippen LogP contribution in [0, 0.1) is 5.82 Å². The average molecular weight is 300 g/mol. The van der Waals surface area contributed by atoms with E-state index < -0.39 is 11.8 Å². The van der Waals surface area contributed by atoms with Crippen molar-refractivity contribution in [2.45, 2.75) is 38.3 Å². The standard InChI is InChI=1S/C15H19F3N2O/c1-15(17,18)14(21)19-13-5-7-20(8-6-13)10-11-3-2-4-12(16)9-11/h2-4,9,13H,5-8,10H2,1H3,(H,19,21). The van der Waals surface area contributed by atoms with Gasteiger partial charge in [-0.1, -0.05) is 12.1 Å². The fraction of sp³-hybridized carbons (Fsp3) is 0.533. The van der Waals surface area contributed by atoms with Gasteiger partial charge in [0.15, 0.2) is 0 Å². The zero-order valence-electron chi connectivity index (χ0n) is 11.9. The summed E-state index contributed by atoms with van der Waals surface area (Å²) in [7, 11) is 0. The van der Waals surface area contributed by atoms with Gasteiger partial charge >= 0.3 is 5.92 Å². The molecular formula is C15H19F3N2O. The summed E-state index contributed by atoms with van der Waals surface area (Å²) >= 11 is 0. The van der Waals surface area contributed by atoms with Crippen LogP contribution in [-0.2, 0) is 11.3 Å². The van der Waals surface area contributed by atoms with E-state index in [1.54, 1.807) is 6.07 Å². The van der Waals surface area contributed by atoms with Gasteiger partial charge in [-0.15, -0.1) is 0 Å². The highest BCUT2D eigenvalue weighted by molar-refractivity contribution is 5.83. The highest BCUT2D eigenvalue weighted by atomic mass is 19.3. The first-order valence-electron chi connectivity index (χ1n) is 7.00. The molecule has 1 aromatic rings. The molecule has 1 aromatic carbocycles. The number of carbonyl (C=O) groups is 1. The third-order valence-corrected chi connectivity index (χ3v) is 3.62. The van der Waals surface area contributed by atoms with Gasteiger partial charge in [0.25, 0.3) is 5.91 Å². The molecule has 1 aliphatic heterocycles. The average Bonchev–Trinajstić information content (AvgIpc) is 2.40. The molecule has 21 heavy (non-hydrogen) atoms. The van der Waals surface area contributed by atoms with Crippen molar-refractivity contribution in [2.75, 3.05) is 13.1 Å². The lowest BCUT2D eigenvalue weighted by Gasteiger charge is -2.32. The third-order valence-electron chi connectivity index (χ3n) is 3.62. The maximum Gasteiger partial charge on any atom is 0.321 e. The Morgan fingerprint density at radius 3 is 2.62 bits per heavy atom. The van der Waals surface area contributed by atoms with Crippen molar-refractivity contribution in [1.29, 1.82) is 0 Å². The van der Waals surface area contributed by atoms with Gasteiger partial charge in [0.2, 0.25) is 0 Å². The number of alkyl halides is 2. The number of piperidine rings is 1. The summed E-state index contributed by atoms with van der Waals surface area (Å²) in [5, 5.41) is 2.38. The predicted molar refractivity (Wildman–Crippen MR) is 73.5 cm³/mol. The van der Waals surface area contributed by atoms with Crippen LogP contribution < -0.4 is 5.32 Å². The molecule has 1 heterocycles. The third kappa shape index (κ3) is 4.74. The molecule has 1 N–H and O–H groups in total. The minimum Gasteiger partial charge on any atom is -0.348 e. The number of carbonyl (C=O) groups excluding carboxylic acids is 1. The summed E-state index contributed by atoms with van der Waals surface area (Å²) in [5.74, 6) is -4.82. The monoisotopic (exact) mass is 300 g/mol. The molecule has 0 unspecified atom stereocenters. The van der Waals surface area contributed by atoms with Crippen molar-refractivity contribution in [3.8, 4) is 0 Å². The van der Waals surface area contributed by atoms with Crippen molar-refractivity contribution in [3.05, 3.63) is 35.6 Å². The second-order valence-corrected chi connectivity index (χ2v) is 5.54. The lowest BCUT2D eigenvalue weighted by molar-refractivity contribution is -0.144. The van der Waals surface area contributed by atoms with Gasteiger partial charge in [-0.05, 0) is 30.5 Å². The second kappa shape index (κ2) is 6.47. The van der Waals surface area contributed by atoms with Crippen LogP contribution >= 0.6 is 0 Å². The first kappa shape index (κ1) is 15.8. The molecule has 1 saturated heterocycles.